The summed E-state index contributed by atoms with van der Waals surface area (Å²) in [5.74, 6) is -7.11. The maximum Gasteiger partial charge on any atom is 0.303 e. The van der Waals surface area contributed by atoms with E-state index in [4.69, 9.17) is 9.84 Å². The number of rotatable bonds is 11. The number of hydrogen-bond acceptors (Lipinski definition) is 4. The van der Waals surface area contributed by atoms with E-state index in [0.717, 1.165) is 19.3 Å². The quantitative estimate of drug-likeness (QED) is 0.493. The van der Waals surface area contributed by atoms with Gasteiger partial charge in [-0.1, -0.05) is 39.5 Å². The summed E-state index contributed by atoms with van der Waals surface area (Å²) < 4.78 is 34.8. The van der Waals surface area contributed by atoms with Crippen molar-refractivity contribution in [2.24, 2.45) is 17.8 Å². The number of halogens is 2. The van der Waals surface area contributed by atoms with Gasteiger partial charge in [-0.15, -0.1) is 0 Å². The number of carboxylic acids is 1. The summed E-state index contributed by atoms with van der Waals surface area (Å²) in [6.45, 7) is 3.57. The molecule has 5 nitrogen and oxygen atoms in total. The first kappa shape index (κ1) is 23.2. The van der Waals surface area contributed by atoms with Crippen LogP contribution in [0.2, 0.25) is 0 Å². The molecule has 1 saturated heterocycles. The van der Waals surface area contributed by atoms with Gasteiger partial charge in [0.2, 0.25) is 5.79 Å². The highest BCUT2D eigenvalue weighted by Crippen LogP contribution is 2.50. The minimum Gasteiger partial charge on any atom is -0.481 e. The lowest BCUT2D eigenvalue weighted by molar-refractivity contribution is -0.358. The maximum atomic E-state index is 14.7. The summed E-state index contributed by atoms with van der Waals surface area (Å²) in [6, 6.07) is 0. The van der Waals surface area contributed by atoms with Gasteiger partial charge in [-0.2, -0.15) is 0 Å². The van der Waals surface area contributed by atoms with E-state index in [1.807, 2.05) is 6.92 Å². The Morgan fingerprint density at radius 2 is 2.00 bits per heavy atom. The first-order valence-electron chi connectivity index (χ1n) is 10.6. The molecule has 2 rings (SSSR count). The summed E-state index contributed by atoms with van der Waals surface area (Å²) in [5.41, 5.74) is 0. The Kier molecular flexibility index (Phi) is 7.97. The first-order valence-corrected chi connectivity index (χ1v) is 10.6. The Morgan fingerprint density at radius 1 is 1.32 bits per heavy atom. The summed E-state index contributed by atoms with van der Waals surface area (Å²) in [4.78, 5) is 22.9. The number of aliphatic hydroxyl groups is 1. The van der Waals surface area contributed by atoms with E-state index in [2.05, 4.69) is 0 Å². The topological polar surface area (TPSA) is 83.8 Å². The fraction of sp³-hybridized carbons (Fsp3) is 0.905. The maximum absolute atomic E-state index is 14.7. The minimum absolute atomic E-state index is 0.0371. The molecular formula is C21H34F2O5. The summed E-state index contributed by atoms with van der Waals surface area (Å²) >= 11 is 0. The smallest absolute Gasteiger partial charge is 0.303 e. The Hall–Kier alpha value is -1.08. The van der Waals surface area contributed by atoms with Crippen LogP contribution in [0.4, 0.5) is 8.78 Å². The zero-order valence-corrected chi connectivity index (χ0v) is 17.0. The zero-order chi connectivity index (χ0) is 20.9. The van der Waals surface area contributed by atoms with Gasteiger partial charge in [0, 0.05) is 31.6 Å². The lowest BCUT2D eigenvalue weighted by atomic mass is 9.81. The second-order valence-electron chi connectivity index (χ2n) is 8.69. The molecule has 1 saturated carbocycles. The molecule has 7 heteroatoms. The van der Waals surface area contributed by atoms with E-state index in [0.29, 0.717) is 25.7 Å². The predicted molar refractivity (Wildman–Crippen MR) is 100 cm³/mol. The molecule has 2 N–H and O–H groups in total. The third-order valence-corrected chi connectivity index (χ3v) is 6.50. The SMILES string of the molecule is CCC(C)CC(F)(F)[C@@]1(O)CC[C@H]2[C@@H](CC(=O)[C@@H]2CCCCCCC(=O)O)O1. The Labute approximate surface area is 165 Å². The molecule has 1 unspecified atom stereocenters. The normalized spacial score (nSPS) is 31.6. The molecule has 162 valence electrons. The molecular weight excluding hydrogens is 370 g/mol. The summed E-state index contributed by atoms with van der Waals surface area (Å²) in [5, 5.41) is 19.2. The number of ether oxygens (including phenoxy) is 1. The number of carboxylic acid groups (broad SMARTS) is 1. The molecule has 0 aromatic heterocycles. The minimum atomic E-state index is -3.33. The first-order chi connectivity index (χ1) is 13.1. The molecule has 2 aliphatic rings. The number of ketones is 1. The van der Waals surface area contributed by atoms with Crippen molar-refractivity contribution in [1.82, 2.24) is 0 Å². The molecule has 0 aromatic carbocycles. The fourth-order valence-corrected chi connectivity index (χ4v) is 4.57. The molecule has 0 radical (unpaired) electrons. The van der Waals surface area contributed by atoms with Gasteiger partial charge < -0.3 is 14.9 Å². The van der Waals surface area contributed by atoms with Crippen molar-refractivity contribution in [2.75, 3.05) is 0 Å². The molecule has 5 atom stereocenters. The third-order valence-electron chi connectivity index (χ3n) is 6.50. The average Bonchev–Trinajstić information content (AvgIpc) is 2.91. The van der Waals surface area contributed by atoms with E-state index in [-0.39, 0.29) is 42.8 Å². The van der Waals surface area contributed by atoms with E-state index >= 15 is 0 Å². The van der Waals surface area contributed by atoms with E-state index in [9.17, 15) is 23.5 Å². The molecule has 0 amide bonds. The highest BCUT2D eigenvalue weighted by molar-refractivity contribution is 5.84. The number of fused-ring (bicyclic) bond motifs is 1. The fourth-order valence-electron chi connectivity index (χ4n) is 4.57. The Morgan fingerprint density at radius 3 is 2.64 bits per heavy atom. The summed E-state index contributed by atoms with van der Waals surface area (Å²) in [6.07, 6.45) is 3.79. The number of aliphatic carboxylic acids is 1. The van der Waals surface area contributed by atoms with Crippen LogP contribution in [-0.4, -0.2) is 39.8 Å². The zero-order valence-electron chi connectivity index (χ0n) is 17.0. The monoisotopic (exact) mass is 404 g/mol. The third kappa shape index (κ3) is 5.50. The number of hydrogen-bond donors (Lipinski definition) is 2. The van der Waals surface area contributed by atoms with Gasteiger partial charge >= 0.3 is 11.9 Å². The second-order valence-corrected chi connectivity index (χ2v) is 8.69. The molecule has 0 bridgehead atoms. The van der Waals surface area contributed by atoms with Crippen LogP contribution in [0, 0.1) is 17.8 Å². The number of Topliss-reactive ketones (excluding diaryl/α,β-unsaturated/α-hetero) is 1. The number of unbranched alkanes of at least 4 members (excludes halogenated alkanes) is 3. The lowest BCUT2D eigenvalue weighted by Crippen LogP contribution is -2.56. The van der Waals surface area contributed by atoms with Gasteiger partial charge in [0.25, 0.3) is 0 Å². The van der Waals surface area contributed by atoms with Crippen molar-refractivity contribution >= 4 is 11.8 Å². The predicted octanol–water partition coefficient (Wildman–Crippen LogP) is 4.56. The highest BCUT2D eigenvalue weighted by atomic mass is 19.3. The molecule has 1 aliphatic carbocycles. The average molecular weight is 404 g/mol. The van der Waals surface area contributed by atoms with Gasteiger partial charge in [0.15, 0.2) is 0 Å². The van der Waals surface area contributed by atoms with Crippen molar-refractivity contribution in [3.05, 3.63) is 0 Å². The van der Waals surface area contributed by atoms with E-state index < -0.39 is 30.2 Å². The van der Waals surface area contributed by atoms with Gasteiger partial charge in [-0.25, -0.2) is 8.78 Å². The lowest BCUT2D eigenvalue weighted by Gasteiger charge is -2.44. The van der Waals surface area contributed by atoms with Crippen molar-refractivity contribution in [3.8, 4) is 0 Å². The number of carbonyl (C=O) groups is 2. The van der Waals surface area contributed by atoms with Crippen LogP contribution in [0.25, 0.3) is 0 Å². The second kappa shape index (κ2) is 9.61. The largest absolute Gasteiger partial charge is 0.481 e. The van der Waals surface area contributed by atoms with Crippen molar-refractivity contribution in [2.45, 2.75) is 102 Å². The van der Waals surface area contributed by atoms with Gasteiger partial charge in [-0.3, -0.25) is 9.59 Å². The number of alkyl halides is 2. The molecule has 2 fully saturated rings. The Bertz CT molecular complexity index is 553. The van der Waals surface area contributed by atoms with Gasteiger partial charge in [-0.05, 0) is 31.1 Å². The van der Waals surface area contributed by atoms with Crippen LogP contribution in [-0.2, 0) is 14.3 Å². The van der Waals surface area contributed by atoms with Crippen LogP contribution in [0.15, 0.2) is 0 Å². The van der Waals surface area contributed by atoms with Crippen molar-refractivity contribution < 1.29 is 33.3 Å². The van der Waals surface area contributed by atoms with Crippen LogP contribution in [0.1, 0.15) is 84.5 Å². The summed E-state index contributed by atoms with van der Waals surface area (Å²) in [7, 11) is 0. The molecule has 0 spiro atoms. The Balaban J connectivity index is 1.87. The highest BCUT2D eigenvalue weighted by Gasteiger charge is 2.60. The van der Waals surface area contributed by atoms with Crippen LogP contribution in [0.5, 0.6) is 0 Å². The van der Waals surface area contributed by atoms with Crippen LogP contribution < -0.4 is 0 Å². The van der Waals surface area contributed by atoms with Crippen LogP contribution >= 0.6 is 0 Å². The standard InChI is InChI=1S/C21H34F2O5/c1-3-14(2)13-20(22,23)21(27)11-10-16-15(17(24)12-18(16)28-21)8-6-4-5-7-9-19(25)26/h14-16,18,27H,3-13H2,1-2H3,(H,25,26)/t14?,15-,16-,18-,21-/m1/s1. The van der Waals surface area contributed by atoms with Crippen molar-refractivity contribution in [1.29, 1.82) is 0 Å². The molecule has 28 heavy (non-hydrogen) atoms. The van der Waals surface area contributed by atoms with Crippen molar-refractivity contribution in [3.63, 3.8) is 0 Å². The van der Waals surface area contributed by atoms with E-state index in [1.54, 1.807) is 6.92 Å². The van der Waals surface area contributed by atoms with E-state index in [1.165, 1.54) is 0 Å². The molecule has 0 aromatic rings. The van der Waals surface area contributed by atoms with Gasteiger partial charge in [0.05, 0.1) is 6.10 Å². The van der Waals surface area contributed by atoms with Gasteiger partial charge in [0.1, 0.15) is 5.78 Å². The molecule has 1 heterocycles. The van der Waals surface area contributed by atoms with Crippen LogP contribution in [0.3, 0.4) is 0 Å². The number of carbonyl (C=O) groups excluding carboxylic acids is 1. The molecule has 1 aliphatic heterocycles.